The van der Waals surface area contributed by atoms with E-state index in [1.54, 1.807) is 26.0 Å². The Labute approximate surface area is 160 Å². The van der Waals surface area contributed by atoms with Crippen molar-refractivity contribution in [2.24, 2.45) is 0 Å². The van der Waals surface area contributed by atoms with Crippen LogP contribution in [0.2, 0.25) is 0 Å². The number of benzene rings is 1. The number of hydrogen-bond donors (Lipinski definition) is 2. The Morgan fingerprint density at radius 2 is 1.85 bits per heavy atom. The Bertz CT molecular complexity index is 845. The average Bonchev–Trinajstić information content (AvgIpc) is 2.91. The van der Waals surface area contributed by atoms with Gasteiger partial charge in [-0.15, -0.1) is 11.3 Å². The number of carbonyl (C=O) groups excluding carboxylic acids is 2. The lowest BCUT2D eigenvalue weighted by molar-refractivity contribution is -0.137. The fourth-order valence-corrected chi connectivity index (χ4v) is 3.66. The predicted molar refractivity (Wildman–Crippen MR) is 101 cm³/mol. The number of anilines is 1. The van der Waals surface area contributed by atoms with E-state index in [2.05, 4.69) is 5.32 Å². The highest BCUT2D eigenvalue weighted by atomic mass is 32.1. The van der Waals surface area contributed by atoms with Gasteiger partial charge in [0.2, 0.25) is 5.91 Å². The van der Waals surface area contributed by atoms with Gasteiger partial charge in [-0.3, -0.25) is 9.59 Å². The largest absolute Gasteiger partial charge is 0.481 e. The van der Waals surface area contributed by atoms with Crippen molar-refractivity contribution in [3.05, 3.63) is 40.5 Å². The molecular weight excluding hydrogens is 373 g/mol. The third-order valence-corrected chi connectivity index (χ3v) is 4.76. The van der Waals surface area contributed by atoms with Crippen molar-refractivity contribution in [1.82, 2.24) is 0 Å². The summed E-state index contributed by atoms with van der Waals surface area (Å²) in [6, 6.07) is 5.72. The molecule has 0 bridgehead atoms. The topological polar surface area (TPSA) is 92.7 Å². The zero-order chi connectivity index (χ0) is 20.0. The van der Waals surface area contributed by atoms with Gasteiger partial charge < -0.3 is 15.2 Å². The maximum atomic E-state index is 13.2. The number of carboxylic acids is 1. The first-order chi connectivity index (χ1) is 12.8. The van der Waals surface area contributed by atoms with Crippen LogP contribution in [0.25, 0.3) is 11.1 Å². The number of nitrogens with one attached hydrogen (secondary N) is 1. The normalized spacial score (nSPS) is 10.5. The molecule has 0 unspecified atom stereocenters. The molecule has 27 heavy (non-hydrogen) atoms. The van der Waals surface area contributed by atoms with Crippen LogP contribution in [0.1, 0.15) is 41.4 Å². The number of thiophene rings is 1. The van der Waals surface area contributed by atoms with Gasteiger partial charge in [-0.1, -0.05) is 12.1 Å². The van der Waals surface area contributed by atoms with Crippen molar-refractivity contribution in [3.8, 4) is 11.1 Å². The first kappa shape index (κ1) is 20.6. The van der Waals surface area contributed by atoms with Crippen molar-refractivity contribution < 1.29 is 28.6 Å². The van der Waals surface area contributed by atoms with E-state index < -0.39 is 17.8 Å². The van der Waals surface area contributed by atoms with Gasteiger partial charge in [0, 0.05) is 23.3 Å². The third-order valence-electron chi connectivity index (χ3n) is 3.74. The SMILES string of the molecule is CCOC(=O)c1c(NC(=O)CCCC(=O)O)sc(C)c1-c1ccc(F)cc1. The molecule has 0 aliphatic carbocycles. The van der Waals surface area contributed by atoms with Gasteiger partial charge in [-0.25, -0.2) is 9.18 Å². The fourth-order valence-electron chi connectivity index (χ4n) is 2.58. The van der Waals surface area contributed by atoms with Gasteiger partial charge in [-0.05, 0) is 38.0 Å². The number of ether oxygens (including phenoxy) is 1. The van der Waals surface area contributed by atoms with E-state index in [0.717, 1.165) is 4.88 Å². The van der Waals surface area contributed by atoms with Crippen molar-refractivity contribution in [2.75, 3.05) is 11.9 Å². The lowest BCUT2D eigenvalue weighted by atomic mass is 10.0. The van der Waals surface area contributed by atoms with Crippen LogP contribution in [0.3, 0.4) is 0 Å². The fraction of sp³-hybridized carbons (Fsp3) is 0.316. The third kappa shape index (κ3) is 5.37. The van der Waals surface area contributed by atoms with E-state index in [-0.39, 0.29) is 37.3 Å². The molecule has 1 heterocycles. The van der Waals surface area contributed by atoms with Gasteiger partial charge in [0.25, 0.3) is 0 Å². The van der Waals surface area contributed by atoms with E-state index >= 15 is 0 Å². The summed E-state index contributed by atoms with van der Waals surface area (Å²) in [5, 5.41) is 11.7. The van der Waals surface area contributed by atoms with E-state index in [4.69, 9.17) is 9.84 Å². The van der Waals surface area contributed by atoms with E-state index in [1.807, 2.05) is 0 Å². The number of aliphatic carboxylic acids is 1. The van der Waals surface area contributed by atoms with Crippen molar-refractivity contribution >= 4 is 34.2 Å². The summed E-state index contributed by atoms with van der Waals surface area (Å²) >= 11 is 1.22. The van der Waals surface area contributed by atoms with E-state index in [1.165, 1.54) is 23.5 Å². The predicted octanol–water partition coefficient (Wildman–Crippen LogP) is 4.23. The molecule has 1 aromatic carbocycles. The first-order valence-electron chi connectivity index (χ1n) is 8.41. The van der Waals surface area contributed by atoms with Crippen LogP contribution in [-0.2, 0) is 14.3 Å². The van der Waals surface area contributed by atoms with E-state index in [9.17, 15) is 18.8 Å². The highest BCUT2D eigenvalue weighted by molar-refractivity contribution is 7.17. The summed E-state index contributed by atoms with van der Waals surface area (Å²) in [6.45, 7) is 3.65. The van der Waals surface area contributed by atoms with Crippen LogP contribution >= 0.6 is 11.3 Å². The zero-order valence-corrected chi connectivity index (χ0v) is 15.8. The zero-order valence-electron chi connectivity index (χ0n) is 15.0. The lowest BCUT2D eigenvalue weighted by Gasteiger charge is -2.09. The molecule has 8 heteroatoms. The molecule has 144 valence electrons. The van der Waals surface area contributed by atoms with Gasteiger partial charge >= 0.3 is 11.9 Å². The molecule has 0 atom stereocenters. The Morgan fingerprint density at radius 1 is 1.19 bits per heavy atom. The number of rotatable bonds is 8. The molecule has 2 rings (SSSR count). The highest BCUT2D eigenvalue weighted by Crippen LogP contribution is 2.40. The summed E-state index contributed by atoms with van der Waals surface area (Å²) in [4.78, 5) is 36.0. The number of carboxylic acid groups (broad SMARTS) is 1. The number of aryl methyl sites for hydroxylation is 1. The maximum absolute atomic E-state index is 13.2. The Balaban J connectivity index is 2.35. The second-order valence-corrected chi connectivity index (χ2v) is 6.98. The van der Waals surface area contributed by atoms with Crippen LogP contribution < -0.4 is 5.32 Å². The minimum atomic E-state index is -0.972. The van der Waals surface area contributed by atoms with Gasteiger partial charge in [-0.2, -0.15) is 0 Å². The molecule has 0 fully saturated rings. The number of esters is 1. The highest BCUT2D eigenvalue weighted by Gasteiger charge is 2.25. The summed E-state index contributed by atoms with van der Waals surface area (Å²) in [5.74, 6) is -2.33. The van der Waals surface area contributed by atoms with Crippen LogP contribution in [0.5, 0.6) is 0 Å². The molecule has 0 saturated carbocycles. The van der Waals surface area contributed by atoms with Gasteiger partial charge in [0.15, 0.2) is 0 Å². The molecule has 0 aliphatic rings. The maximum Gasteiger partial charge on any atom is 0.341 e. The molecule has 0 radical (unpaired) electrons. The minimum Gasteiger partial charge on any atom is -0.481 e. The minimum absolute atomic E-state index is 0.0252. The molecule has 0 saturated heterocycles. The molecule has 0 aliphatic heterocycles. The van der Waals surface area contributed by atoms with Crippen LogP contribution in [0.15, 0.2) is 24.3 Å². The molecule has 2 aromatic rings. The van der Waals surface area contributed by atoms with Crippen molar-refractivity contribution in [2.45, 2.75) is 33.1 Å². The monoisotopic (exact) mass is 393 g/mol. The van der Waals surface area contributed by atoms with Crippen LogP contribution in [0.4, 0.5) is 9.39 Å². The number of amides is 1. The second-order valence-electron chi connectivity index (χ2n) is 5.76. The Kier molecular flexibility index (Phi) is 7.06. The molecule has 2 N–H and O–H groups in total. The first-order valence-corrected chi connectivity index (χ1v) is 9.23. The Morgan fingerprint density at radius 3 is 2.44 bits per heavy atom. The van der Waals surface area contributed by atoms with Gasteiger partial charge in [0.1, 0.15) is 16.4 Å². The lowest BCUT2D eigenvalue weighted by Crippen LogP contribution is -2.14. The van der Waals surface area contributed by atoms with Gasteiger partial charge in [0.05, 0.1) is 6.61 Å². The molecule has 0 spiro atoms. The Hall–Kier alpha value is -2.74. The molecular formula is C19H20FNO5S. The number of carbonyl (C=O) groups is 3. The summed E-state index contributed by atoms with van der Waals surface area (Å²) in [7, 11) is 0. The van der Waals surface area contributed by atoms with Crippen LogP contribution in [0, 0.1) is 12.7 Å². The molecule has 1 amide bonds. The van der Waals surface area contributed by atoms with Crippen molar-refractivity contribution in [3.63, 3.8) is 0 Å². The molecule has 6 nitrogen and oxygen atoms in total. The smallest absolute Gasteiger partial charge is 0.341 e. The van der Waals surface area contributed by atoms with Crippen molar-refractivity contribution in [1.29, 1.82) is 0 Å². The van der Waals surface area contributed by atoms with Crippen LogP contribution in [-0.4, -0.2) is 29.6 Å². The summed E-state index contributed by atoms with van der Waals surface area (Å²) in [5.41, 5.74) is 1.44. The van der Waals surface area contributed by atoms with E-state index in [0.29, 0.717) is 16.1 Å². The summed E-state index contributed by atoms with van der Waals surface area (Å²) < 4.78 is 18.4. The number of hydrogen-bond acceptors (Lipinski definition) is 5. The summed E-state index contributed by atoms with van der Waals surface area (Å²) in [6.07, 6.45) is 0.116. The average molecular weight is 393 g/mol. The molecule has 1 aromatic heterocycles. The second kappa shape index (κ2) is 9.27. The number of halogens is 1. The standard InChI is InChI=1S/C19H20FNO5S/c1-3-26-19(25)17-16(12-7-9-13(20)10-8-12)11(2)27-18(17)21-14(22)5-4-6-15(23)24/h7-10H,3-6H2,1-2H3,(H,21,22)(H,23,24). The quantitative estimate of drug-likeness (QED) is 0.655.